The number of carbonyl (C=O) groups excluding carboxylic acids is 2. The van der Waals surface area contributed by atoms with E-state index in [9.17, 15) is 9.59 Å². The van der Waals surface area contributed by atoms with Gasteiger partial charge in [0.25, 0.3) is 5.91 Å². The van der Waals surface area contributed by atoms with Crippen LogP contribution in [0, 0.1) is 0 Å². The lowest BCUT2D eigenvalue weighted by atomic mass is 9.94. The molecule has 8 heteroatoms. The first-order chi connectivity index (χ1) is 11.6. The van der Waals surface area contributed by atoms with Crippen LogP contribution in [0.1, 0.15) is 39.8 Å². The van der Waals surface area contributed by atoms with E-state index in [1.807, 2.05) is 17.5 Å². The Hall–Kier alpha value is -2.19. The van der Waals surface area contributed by atoms with E-state index in [0.29, 0.717) is 13.1 Å². The molecule has 2 aromatic heterocycles. The number of hydrogen-bond acceptors (Lipinski definition) is 5. The molecule has 3 heterocycles. The molecule has 0 unspecified atom stereocenters. The fraction of sp³-hybridized carbons (Fsp3) is 0.438. The summed E-state index contributed by atoms with van der Waals surface area (Å²) in [4.78, 5) is 26.6. The number of amides is 2. The normalized spacial score (nSPS) is 18.4. The molecule has 24 heavy (non-hydrogen) atoms. The Bertz CT molecular complexity index is 697. The number of piperidine rings is 1. The minimum absolute atomic E-state index is 0.0338. The van der Waals surface area contributed by atoms with Crippen LogP contribution in [-0.2, 0) is 11.3 Å². The quantitative estimate of drug-likeness (QED) is 0.727. The van der Waals surface area contributed by atoms with E-state index in [1.54, 1.807) is 17.4 Å². The summed E-state index contributed by atoms with van der Waals surface area (Å²) in [6.45, 7) is 2.64. The number of nitrogens with two attached hydrogens (primary N) is 1. The van der Waals surface area contributed by atoms with Crippen molar-refractivity contribution in [3.63, 3.8) is 0 Å². The van der Waals surface area contributed by atoms with Gasteiger partial charge in [0.2, 0.25) is 5.91 Å². The second kappa shape index (κ2) is 7.59. The predicted molar refractivity (Wildman–Crippen MR) is 91.7 cm³/mol. The maximum Gasteiger partial charge on any atom is 0.269 e. The summed E-state index contributed by atoms with van der Waals surface area (Å²) in [7, 11) is 0. The van der Waals surface area contributed by atoms with Crippen molar-refractivity contribution in [2.24, 2.45) is 5.73 Å². The van der Waals surface area contributed by atoms with Crippen molar-refractivity contribution in [3.8, 4) is 0 Å². The second-order valence-electron chi connectivity index (χ2n) is 6.00. The highest BCUT2D eigenvalue weighted by atomic mass is 32.1. The van der Waals surface area contributed by atoms with E-state index in [0.717, 1.165) is 36.5 Å². The van der Waals surface area contributed by atoms with Crippen LogP contribution >= 0.6 is 11.3 Å². The molecule has 4 N–H and O–H groups in total. The van der Waals surface area contributed by atoms with Gasteiger partial charge in [-0.05, 0) is 36.9 Å². The third-order valence-electron chi connectivity index (χ3n) is 4.20. The molecule has 1 fully saturated rings. The molecule has 2 aromatic rings. The van der Waals surface area contributed by atoms with Gasteiger partial charge in [0, 0.05) is 23.0 Å². The molecule has 2 amide bonds. The molecule has 128 valence electrons. The first kappa shape index (κ1) is 16.7. The number of hydrogen-bond donors (Lipinski definition) is 3. The molecular weight excluding hydrogens is 326 g/mol. The zero-order chi connectivity index (χ0) is 16.9. The van der Waals surface area contributed by atoms with Gasteiger partial charge in [0.1, 0.15) is 5.69 Å². The van der Waals surface area contributed by atoms with Crippen molar-refractivity contribution >= 4 is 23.2 Å². The van der Waals surface area contributed by atoms with E-state index in [-0.39, 0.29) is 17.5 Å². The van der Waals surface area contributed by atoms with Gasteiger partial charge in [-0.3, -0.25) is 19.6 Å². The van der Waals surface area contributed by atoms with Crippen molar-refractivity contribution in [1.82, 2.24) is 20.4 Å². The number of nitrogens with zero attached hydrogens (tertiary/aromatic N) is 2. The fourth-order valence-electron chi connectivity index (χ4n) is 2.98. The number of rotatable bonds is 6. The van der Waals surface area contributed by atoms with E-state index < -0.39 is 5.91 Å². The van der Waals surface area contributed by atoms with Crippen molar-refractivity contribution in [2.75, 3.05) is 19.6 Å². The van der Waals surface area contributed by atoms with Crippen LogP contribution in [0.4, 0.5) is 0 Å². The van der Waals surface area contributed by atoms with Crippen molar-refractivity contribution in [3.05, 3.63) is 39.8 Å². The average molecular weight is 347 g/mol. The first-order valence-corrected chi connectivity index (χ1v) is 8.86. The van der Waals surface area contributed by atoms with Gasteiger partial charge < -0.3 is 11.1 Å². The van der Waals surface area contributed by atoms with Crippen LogP contribution in [0.25, 0.3) is 0 Å². The maximum absolute atomic E-state index is 12.1. The third-order valence-corrected chi connectivity index (χ3v) is 5.08. The molecule has 0 saturated carbocycles. The van der Waals surface area contributed by atoms with Crippen LogP contribution in [-0.4, -0.2) is 46.5 Å². The Balaban J connectivity index is 1.51. The van der Waals surface area contributed by atoms with Gasteiger partial charge in [-0.1, -0.05) is 6.07 Å². The van der Waals surface area contributed by atoms with Crippen molar-refractivity contribution < 1.29 is 9.59 Å². The lowest BCUT2D eigenvalue weighted by Gasteiger charge is -2.31. The molecule has 0 radical (unpaired) electrons. The van der Waals surface area contributed by atoms with Crippen LogP contribution in [0.15, 0.2) is 23.6 Å². The number of likely N-dealkylation sites (tertiary alicyclic amines) is 1. The van der Waals surface area contributed by atoms with Crippen LogP contribution in [0.5, 0.6) is 0 Å². The summed E-state index contributed by atoms with van der Waals surface area (Å²) in [5.74, 6) is -0.256. The van der Waals surface area contributed by atoms with E-state index in [1.165, 1.54) is 0 Å². The average Bonchev–Trinajstić information content (AvgIpc) is 3.25. The van der Waals surface area contributed by atoms with Crippen LogP contribution in [0.3, 0.4) is 0 Å². The van der Waals surface area contributed by atoms with Gasteiger partial charge in [-0.25, -0.2) is 0 Å². The standard InChI is InChI=1S/C16H21N5O2S/c17-16(23)14-7-13(19-20-14)11-3-1-5-21(9-11)10-15(22)18-8-12-4-2-6-24-12/h2,4,6-7,11H,1,3,5,8-10H2,(H2,17,23)(H,18,22)(H,19,20)/t11-/m1/s1. The monoisotopic (exact) mass is 347 g/mol. The number of H-pyrrole nitrogens is 1. The van der Waals surface area contributed by atoms with Crippen molar-refractivity contribution in [1.29, 1.82) is 0 Å². The summed E-state index contributed by atoms with van der Waals surface area (Å²) < 4.78 is 0. The molecular formula is C16H21N5O2S. The molecule has 1 aliphatic heterocycles. The van der Waals surface area contributed by atoms with Gasteiger partial charge >= 0.3 is 0 Å². The molecule has 1 saturated heterocycles. The van der Waals surface area contributed by atoms with Crippen LogP contribution < -0.4 is 11.1 Å². The fourth-order valence-corrected chi connectivity index (χ4v) is 3.63. The lowest BCUT2D eigenvalue weighted by molar-refractivity contribution is -0.122. The topological polar surface area (TPSA) is 104 Å². The van der Waals surface area contributed by atoms with Gasteiger partial charge in [-0.15, -0.1) is 11.3 Å². The minimum Gasteiger partial charge on any atom is -0.364 e. The second-order valence-corrected chi connectivity index (χ2v) is 7.04. The number of nitrogens with one attached hydrogen (secondary N) is 2. The molecule has 0 aliphatic carbocycles. The molecule has 0 spiro atoms. The smallest absolute Gasteiger partial charge is 0.269 e. The maximum atomic E-state index is 12.1. The molecule has 1 atom stereocenters. The zero-order valence-electron chi connectivity index (χ0n) is 13.3. The summed E-state index contributed by atoms with van der Waals surface area (Å²) >= 11 is 1.64. The Kier molecular flexibility index (Phi) is 5.27. The number of aromatic amines is 1. The minimum atomic E-state index is -0.530. The Labute approximate surface area is 144 Å². The molecule has 0 bridgehead atoms. The van der Waals surface area contributed by atoms with Gasteiger partial charge in [0.05, 0.1) is 13.1 Å². The lowest BCUT2D eigenvalue weighted by Crippen LogP contribution is -2.41. The highest BCUT2D eigenvalue weighted by Gasteiger charge is 2.24. The Morgan fingerprint density at radius 3 is 3.08 bits per heavy atom. The SMILES string of the molecule is NC(=O)c1cc([C@@H]2CCCN(CC(=O)NCc3cccs3)C2)[nH]n1. The summed E-state index contributed by atoms with van der Waals surface area (Å²) in [6.07, 6.45) is 2.02. The summed E-state index contributed by atoms with van der Waals surface area (Å²) in [5, 5.41) is 11.8. The van der Waals surface area contributed by atoms with E-state index in [2.05, 4.69) is 20.4 Å². The number of aromatic nitrogens is 2. The van der Waals surface area contributed by atoms with E-state index >= 15 is 0 Å². The highest BCUT2D eigenvalue weighted by Crippen LogP contribution is 2.25. The zero-order valence-corrected chi connectivity index (χ0v) is 14.1. The summed E-state index contributed by atoms with van der Waals surface area (Å²) in [5.41, 5.74) is 6.41. The Morgan fingerprint density at radius 2 is 2.38 bits per heavy atom. The van der Waals surface area contributed by atoms with E-state index in [4.69, 9.17) is 5.73 Å². The molecule has 1 aliphatic rings. The van der Waals surface area contributed by atoms with Gasteiger partial charge in [-0.2, -0.15) is 5.10 Å². The van der Waals surface area contributed by atoms with Crippen LogP contribution in [0.2, 0.25) is 0 Å². The molecule has 3 rings (SSSR count). The van der Waals surface area contributed by atoms with Gasteiger partial charge in [0.15, 0.2) is 0 Å². The highest BCUT2D eigenvalue weighted by molar-refractivity contribution is 7.09. The third kappa shape index (κ3) is 4.21. The number of primary amides is 1. The molecule has 0 aromatic carbocycles. The first-order valence-electron chi connectivity index (χ1n) is 7.98. The summed E-state index contributed by atoms with van der Waals surface area (Å²) in [6, 6.07) is 5.70. The predicted octanol–water partition coefficient (Wildman–Crippen LogP) is 1.07. The largest absolute Gasteiger partial charge is 0.364 e. The number of carbonyl (C=O) groups is 2. The number of thiophene rings is 1. The Morgan fingerprint density at radius 1 is 1.50 bits per heavy atom. The molecule has 7 nitrogen and oxygen atoms in total. The van der Waals surface area contributed by atoms with Crippen molar-refractivity contribution in [2.45, 2.75) is 25.3 Å².